The number of piperidine rings is 2. The third kappa shape index (κ3) is 3.26. The van der Waals surface area contributed by atoms with Crippen molar-refractivity contribution >= 4 is 11.6 Å². The van der Waals surface area contributed by atoms with Crippen LogP contribution in [0.2, 0.25) is 0 Å². The number of para-hydroxylation sites is 1. The smallest absolute Gasteiger partial charge is 0.244 e. The van der Waals surface area contributed by atoms with Gasteiger partial charge in [-0.1, -0.05) is 19.1 Å². The molecule has 2 heterocycles. The van der Waals surface area contributed by atoms with Gasteiger partial charge in [0.2, 0.25) is 5.91 Å². The highest BCUT2D eigenvalue weighted by Gasteiger charge is 2.39. The molecule has 0 bridgehead atoms. The van der Waals surface area contributed by atoms with Crippen LogP contribution in [0.25, 0.3) is 0 Å². The van der Waals surface area contributed by atoms with E-state index in [1.165, 1.54) is 6.07 Å². The summed E-state index contributed by atoms with van der Waals surface area (Å²) in [5.41, 5.74) is 0.239. The molecule has 1 amide bonds. The normalized spacial score (nSPS) is 29.8. The van der Waals surface area contributed by atoms with E-state index in [2.05, 4.69) is 11.8 Å². The second kappa shape index (κ2) is 6.57. The third-order valence-corrected chi connectivity index (χ3v) is 5.19. The maximum atomic E-state index is 14.1. The van der Waals surface area contributed by atoms with Gasteiger partial charge in [0.1, 0.15) is 5.82 Å². The van der Waals surface area contributed by atoms with Crippen LogP contribution < -0.4 is 4.90 Å². The number of likely N-dealkylation sites (tertiary alicyclic amines) is 1. The molecule has 0 aliphatic carbocycles. The second-order valence-corrected chi connectivity index (χ2v) is 7.14. The lowest BCUT2D eigenvalue weighted by molar-refractivity contribution is -0.127. The van der Waals surface area contributed by atoms with Gasteiger partial charge in [0.25, 0.3) is 0 Å². The van der Waals surface area contributed by atoms with Crippen molar-refractivity contribution < 1.29 is 14.3 Å². The monoisotopic (exact) mass is 320 g/mol. The molecule has 126 valence electrons. The Kier molecular flexibility index (Phi) is 4.69. The van der Waals surface area contributed by atoms with Crippen molar-refractivity contribution in [1.82, 2.24) is 4.90 Å². The van der Waals surface area contributed by atoms with Gasteiger partial charge in [-0.2, -0.15) is 0 Å². The van der Waals surface area contributed by atoms with Crippen molar-refractivity contribution in [3.05, 3.63) is 30.1 Å². The molecule has 23 heavy (non-hydrogen) atoms. The molecule has 2 fully saturated rings. The largest absolute Gasteiger partial charge is 0.396 e. The minimum Gasteiger partial charge on any atom is -0.396 e. The van der Waals surface area contributed by atoms with Crippen molar-refractivity contribution in [2.75, 3.05) is 31.1 Å². The number of halogens is 1. The molecule has 2 atom stereocenters. The molecule has 0 radical (unpaired) electrons. The number of anilines is 1. The standard InChI is InChI=1S/C18H25FN2O2/c1-18(13-22)9-5-10-20(12-18)16-8-4-11-21(17(16)23)15-7-3-2-6-14(15)19/h2-3,6-7,16,22H,4-5,8-13H2,1H3. The van der Waals surface area contributed by atoms with Gasteiger partial charge < -0.3 is 10.0 Å². The maximum absolute atomic E-state index is 14.1. The second-order valence-electron chi connectivity index (χ2n) is 7.14. The molecule has 0 saturated carbocycles. The fourth-order valence-electron chi connectivity index (χ4n) is 3.86. The van der Waals surface area contributed by atoms with Crippen LogP contribution in [-0.4, -0.2) is 48.2 Å². The van der Waals surface area contributed by atoms with Gasteiger partial charge >= 0.3 is 0 Å². The summed E-state index contributed by atoms with van der Waals surface area (Å²) < 4.78 is 14.1. The van der Waals surface area contributed by atoms with Crippen LogP contribution in [0.4, 0.5) is 10.1 Å². The highest BCUT2D eigenvalue weighted by Crippen LogP contribution is 2.33. The summed E-state index contributed by atoms with van der Waals surface area (Å²) in [6.45, 7) is 4.38. The summed E-state index contributed by atoms with van der Waals surface area (Å²) in [5, 5.41) is 9.63. The topological polar surface area (TPSA) is 43.8 Å². The molecule has 5 heteroatoms. The first-order valence-electron chi connectivity index (χ1n) is 8.45. The van der Waals surface area contributed by atoms with Crippen LogP contribution in [0.3, 0.4) is 0 Å². The van der Waals surface area contributed by atoms with Crippen molar-refractivity contribution in [1.29, 1.82) is 0 Å². The number of aliphatic hydroxyl groups is 1. The van der Waals surface area contributed by atoms with E-state index in [0.717, 1.165) is 38.8 Å². The molecule has 2 unspecified atom stereocenters. The maximum Gasteiger partial charge on any atom is 0.244 e. The lowest BCUT2D eigenvalue weighted by Crippen LogP contribution is -2.57. The molecule has 2 aliphatic rings. The third-order valence-electron chi connectivity index (χ3n) is 5.19. The van der Waals surface area contributed by atoms with Gasteiger partial charge in [0, 0.05) is 25.1 Å². The fraction of sp³-hybridized carbons (Fsp3) is 0.611. The number of nitrogens with zero attached hydrogens (tertiary/aromatic N) is 2. The first-order valence-corrected chi connectivity index (χ1v) is 8.45. The molecule has 1 aromatic rings. The van der Waals surface area contributed by atoms with Crippen LogP contribution in [0.15, 0.2) is 24.3 Å². The predicted molar refractivity (Wildman–Crippen MR) is 87.8 cm³/mol. The van der Waals surface area contributed by atoms with E-state index in [-0.39, 0.29) is 29.8 Å². The number of hydrogen-bond acceptors (Lipinski definition) is 3. The van der Waals surface area contributed by atoms with E-state index in [9.17, 15) is 14.3 Å². The molecule has 0 aromatic heterocycles. The summed E-state index contributed by atoms with van der Waals surface area (Å²) >= 11 is 0. The van der Waals surface area contributed by atoms with E-state index in [1.807, 2.05) is 0 Å². The Labute approximate surface area is 136 Å². The minimum absolute atomic E-state index is 0.0106. The Morgan fingerprint density at radius 2 is 2.09 bits per heavy atom. The van der Waals surface area contributed by atoms with Gasteiger partial charge in [-0.15, -0.1) is 0 Å². The van der Waals surface area contributed by atoms with Crippen LogP contribution in [0.5, 0.6) is 0 Å². The van der Waals surface area contributed by atoms with Gasteiger partial charge in [-0.05, 0) is 44.4 Å². The summed E-state index contributed by atoms with van der Waals surface area (Å²) in [6, 6.07) is 6.27. The van der Waals surface area contributed by atoms with Gasteiger partial charge in [-0.3, -0.25) is 9.69 Å². The van der Waals surface area contributed by atoms with E-state index in [1.54, 1.807) is 23.1 Å². The number of carbonyl (C=O) groups is 1. The summed E-state index contributed by atoms with van der Waals surface area (Å²) in [6.07, 6.45) is 3.65. The van der Waals surface area contributed by atoms with Gasteiger partial charge in [0.05, 0.1) is 11.7 Å². The summed E-state index contributed by atoms with van der Waals surface area (Å²) in [4.78, 5) is 16.7. The van der Waals surface area contributed by atoms with Crippen LogP contribution in [-0.2, 0) is 4.79 Å². The predicted octanol–water partition coefficient (Wildman–Crippen LogP) is 2.42. The number of carbonyl (C=O) groups excluding carboxylic acids is 1. The summed E-state index contributed by atoms with van der Waals surface area (Å²) in [7, 11) is 0. The van der Waals surface area contributed by atoms with Crippen molar-refractivity contribution in [3.8, 4) is 0 Å². The Morgan fingerprint density at radius 1 is 1.30 bits per heavy atom. The zero-order valence-electron chi connectivity index (χ0n) is 13.7. The highest BCUT2D eigenvalue weighted by molar-refractivity contribution is 5.98. The van der Waals surface area contributed by atoms with Crippen LogP contribution >= 0.6 is 0 Å². The molecule has 2 saturated heterocycles. The van der Waals surface area contributed by atoms with Gasteiger partial charge in [-0.25, -0.2) is 4.39 Å². The SMILES string of the molecule is CC1(CO)CCCN(C2CCCN(c3ccccc3F)C2=O)C1. The van der Waals surface area contributed by atoms with Crippen molar-refractivity contribution in [3.63, 3.8) is 0 Å². The quantitative estimate of drug-likeness (QED) is 0.930. The zero-order chi connectivity index (χ0) is 16.4. The lowest BCUT2D eigenvalue weighted by atomic mass is 9.81. The van der Waals surface area contributed by atoms with Crippen LogP contribution in [0, 0.1) is 11.2 Å². The van der Waals surface area contributed by atoms with Gasteiger partial charge in [0.15, 0.2) is 0 Å². The Hall–Kier alpha value is -1.46. The number of amides is 1. The molecule has 4 nitrogen and oxygen atoms in total. The highest BCUT2D eigenvalue weighted by atomic mass is 19.1. The Bertz CT molecular complexity index is 580. The van der Waals surface area contributed by atoms with E-state index in [0.29, 0.717) is 12.2 Å². The fourth-order valence-corrected chi connectivity index (χ4v) is 3.86. The molecule has 1 aromatic carbocycles. The number of benzene rings is 1. The number of rotatable bonds is 3. The molecular weight excluding hydrogens is 295 g/mol. The van der Waals surface area contributed by atoms with E-state index >= 15 is 0 Å². The number of hydrogen-bond donors (Lipinski definition) is 1. The minimum atomic E-state index is -0.347. The van der Waals surface area contributed by atoms with E-state index < -0.39 is 0 Å². The first kappa shape index (κ1) is 16.4. The Morgan fingerprint density at radius 3 is 2.83 bits per heavy atom. The molecule has 2 aliphatic heterocycles. The van der Waals surface area contributed by atoms with E-state index in [4.69, 9.17) is 0 Å². The average Bonchev–Trinajstić information content (AvgIpc) is 2.56. The lowest BCUT2D eigenvalue weighted by Gasteiger charge is -2.45. The summed E-state index contributed by atoms with van der Waals surface area (Å²) in [5.74, 6) is -0.358. The average molecular weight is 320 g/mol. The van der Waals surface area contributed by atoms with Crippen LogP contribution in [0.1, 0.15) is 32.6 Å². The first-order chi connectivity index (χ1) is 11.0. The molecule has 1 N–H and O–H groups in total. The molecule has 0 spiro atoms. The Balaban J connectivity index is 1.79. The van der Waals surface area contributed by atoms with Crippen molar-refractivity contribution in [2.24, 2.45) is 5.41 Å². The molecule has 3 rings (SSSR count). The number of aliphatic hydroxyl groups excluding tert-OH is 1. The molecular formula is C18H25FN2O2. The van der Waals surface area contributed by atoms with Crippen molar-refractivity contribution in [2.45, 2.75) is 38.6 Å². The zero-order valence-corrected chi connectivity index (χ0v) is 13.7.